The van der Waals surface area contributed by atoms with Gasteiger partial charge < -0.3 is 9.84 Å². The summed E-state index contributed by atoms with van der Waals surface area (Å²) in [6, 6.07) is 17.6. The van der Waals surface area contributed by atoms with Gasteiger partial charge in [-0.05, 0) is 18.1 Å². The van der Waals surface area contributed by atoms with Crippen molar-refractivity contribution in [2.75, 3.05) is 7.05 Å². The largest absolute Gasteiger partial charge is 0.472 e. The molecule has 146 valence electrons. The first-order valence-electron chi connectivity index (χ1n) is 8.85. The van der Waals surface area contributed by atoms with Crippen molar-refractivity contribution >= 4 is 6.09 Å². The number of ether oxygens (including phenoxy) is 1. The van der Waals surface area contributed by atoms with Crippen LogP contribution in [0.1, 0.15) is 16.7 Å². The van der Waals surface area contributed by atoms with E-state index in [0.717, 1.165) is 33.0 Å². The van der Waals surface area contributed by atoms with Gasteiger partial charge in [-0.2, -0.15) is 5.06 Å². The lowest BCUT2D eigenvalue weighted by Crippen LogP contribution is -2.24. The molecule has 0 unspecified atom stereocenters. The van der Waals surface area contributed by atoms with E-state index in [1.54, 1.807) is 0 Å². The minimum atomic E-state index is -1.15. The smallest absolute Gasteiger partial charge is 0.431 e. The van der Waals surface area contributed by atoms with Crippen molar-refractivity contribution in [3.63, 3.8) is 0 Å². The molecule has 1 amide bonds. The molecular weight excluding hydrogens is 358 g/mol. The van der Waals surface area contributed by atoms with Gasteiger partial charge in [0.1, 0.15) is 13.2 Å². The van der Waals surface area contributed by atoms with Crippen molar-refractivity contribution in [2.24, 2.45) is 7.05 Å². The molecule has 0 radical (unpaired) electrons. The van der Waals surface area contributed by atoms with E-state index in [4.69, 9.17) is 14.7 Å². The number of benzene rings is 2. The second kappa shape index (κ2) is 8.58. The predicted octanol–water partition coefficient (Wildman–Crippen LogP) is 4.02. The molecular formula is C21H23N3O4. The van der Waals surface area contributed by atoms with Crippen LogP contribution in [0.5, 0.6) is 5.88 Å². The molecule has 0 spiro atoms. The number of rotatable bonds is 7. The van der Waals surface area contributed by atoms with Gasteiger partial charge in [0.2, 0.25) is 5.88 Å². The third-order valence-corrected chi connectivity index (χ3v) is 4.45. The number of hydrogen-bond acceptors (Lipinski definition) is 4. The molecule has 3 rings (SSSR count). The second-order valence-electron chi connectivity index (χ2n) is 6.38. The van der Waals surface area contributed by atoms with E-state index in [1.807, 2.05) is 73.3 Å². The Morgan fingerprint density at radius 2 is 1.68 bits per heavy atom. The van der Waals surface area contributed by atoms with Gasteiger partial charge in [0.15, 0.2) is 0 Å². The minimum absolute atomic E-state index is 0.138. The standard InChI is InChI=1S/C21H23N3O4/c1-15-19(16-9-5-4-6-10-16)23(2)22-20(15)27-13-17-11-7-8-12-18(17)14-28-24(3)21(25)26/h4-12H,13-14H2,1-3H3,(H,25,26). The molecule has 0 aliphatic heterocycles. The Morgan fingerprint density at radius 1 is 1.07 bits per heavy atom. The van der Waals surface area contributed by atoms with Gasteiger partial charge in [-0.3, -0.25) is 9.52 Å². The molecule has 0 aliphatic rings. The van der Waals surface area contributed by atoms with Crippen LogP contribution in [0.4, 0.5) is 4.79 Å². The first-order valence-corrected chi connectivity index (χ1v) is 8.85. The summed E-state index contributed by atoms with van der Waals surface area (Å²) in [6.07, 6.45) is -1.15. The fraction of sp³-hybridized carbons (Fsp3) is 0.238. The zero-order valence-electron chi connectivity index (χ0n) is 16.1. The van der Waals surface area contributed by atoms with E-state index in [2.05, 4.69) is 5.10 Å². The van der Waals surface area contributed by atoms with Crippen molar-refractivity contribution in [1.82, 2.24) is 14.8 Å². The van der Waals surface area contributed by atoms with Crippen LogP contribution in [0, 0.1) is 6.92 Å². The molecule has 0 bridgehead atoms. The highest BCUT2D eigenvalue weighted by Crippen LogP contribution is 2.29. The molecule has 3 aromatic rings. The maximum absolute atomic E-state index is 10.9. The van der Waals surface area contributed by atoms with Gasteiger partial charge in [0.25, 0.3) is 0 Å². The highest BCUT2D eigenvalue weighted by atomic mass is 16.7. The van der Waals surface area contributed by atoms with Crippen LogP contribution in [-0.2, 0) is 25.1 Å². The van der Waals surface area contributed by atoms with E-state index in [-0.39, 0.29) is 6.61 Å². The van der Waals surface area contributed by atoms with Gasteiger partial charge in [0, 0.05) is 25.2 Å². The first kappa shape index (κ1) is 19.4. The summed E-state index contributed by atoms with van der Waals surface area (Å²) >= 11 is 0. The van der Waals surface area contributed by atoms with Crippen LogP contribution in [0.15, 0.2) is 54.6 Å². The molecule has 1 heterocycles. The maximum atomic E-state index is 10.9. The fourth-order valence-electron chi connectivity index (χ4n) is 2.95. The maximum Gasteiger partial charge on any atom is 0.431 e. The average molecular weight is 381 g/mol. The van der Waals surface area contributed by atoms with Gasteiger partial charge in [0.05, 0.1) is 5.69 Å². The highest BCUT2D eigenvalue weighted by molar-refractivity contribution is 5.65. The number of carbonyl (C=O) groups is 1. The van der Waals surface area contributed by atoms with Crippen LogP contribution in [0.2, 0.25) is 0 Å². The van der Waals surface area contributed by atoms with Crippen molar-refractivity contribution in [2.45, 2.75) is 20.1 Å². The van der Waals surface area contributed by atoms with Crippen molar-refractivity contribution in [1.29, 1.82) is 0 Å². The lowest BCUT2D eigenvalue weighted by atomic mass is 10.1. The number of hydrogen-bond donors (Lipinski definition) is 1. The fourth-order valence-corrected chi connectivity index (χ4v) is 2.95. The number of carboxylic acid groups (broad SMARTS) is 1. The zero-order valence-corrected chi connectivity index (χ0v) is 16.1. The summed E-state index contributed by atoms with van der Waals surface area (Å²) in [4.78, 5) is 16.1. The lowest BCUT2D eigenvalue weighted by molar-refractivity contribution is -0.123. The first-order chi connectivity index (χ1) is 13.5. The number of nitrogens with zero attached hydrogens (tertiary/aromatic N) is 3. The Bertz CT molecular complexity index is 954. The quantitative estimate of drug-likeness (QED) is 0.626. The lowest BCUT2D eigenvalue weighted by Gasteiger charge is -2.15. The van der Waals surface area contributed by atoms with Crippen LogP contribution in [0.3, 0.4) is 0 Å². The van der Waals surface area contributed by atoms with Crippen LogP contribution in [0.25, 0.3) is 11.3 Å². The van der Waals surface area contributed by atoms with Gasteiger partial charge in [-0.15, -0.1) is 5.10 Å². The topological polar surface area (TPSA) is 76.8 Å². The summed E-state index contributed by atoms with van der Waals surface area (Å²) in [5, 5.41) is 14.2. The van der Waals surface area contributed by atoms with Gasteiger partial charge >= 0.3 is 6.09 Å². The summed E-state index contributed by atoms with van der Waals surface area (Å²) < 4.78 is 7.80. The minimum Gasteiger partial charge on any atom is -0.472 e. The Balaban J connectivity index is 1.74. The molecule has 1 N–H and O–H groups in total. The molecule has 7 nitrogen and oxygen atoms in total. The van der Waals surface area contributed by atoms with Crippen LogP contribution in [-0.4, -0.2) is 33.1 Å². The molecule has 0 atom stereocenters. The molecule has 0 aliphatic carbocycles. The molecule has 0 saturated carbocycles. The van der Waals surface area contributed by atoms with Crippen molar-refractivity contribution < 1.29 is 19.5 Å². The summed E-state index contributed by atoms with van der Waals surface area (Å²) in [5.74, 6) is 0.569. The molecule has 0 saturated heterocycles. The Morgan fingerprint density at radius 3 is 2.32 bits per heavy atom. The molecule has 28 heavy (non-hydrogen) atoms. The Labute approximate surface area is 163 Å². The van der Waals surface area contributed by atoms with Crippen LogP contribution < -0.4 is 4.74 Å². The Kier molecular flexibility index (Phi) is 5.96. The second-order valence-corrected chi connectivity index (χ2v) is 6.38. The molecule has 0 fully saturated rings. The Hall–Kier alpha value is -3.32. The van der Waals surface area contributed by atoms with E-state index >= 15 is 0 Å². The molecule has 1 aromatic heterocycles. The number of aromatic nitrogens is 2. The van der Waals surface area contributed by atoms with Crippen molar-refractivity contribution in [3.8, 4) is 17.1 Å². The molecule has 2 aromatic carbocycles. The summed E-state index contributed by atoms with van der Waals surface area (Å²) in [5.41, 5.74) is 4.82. The monoisotopic (exact) mass is 381 g/mol. The number of hydroxylamine groups is 2. The van der Waals surface area contributed by atoms with Crippen molar-refractivity contribution in [3.05, 3.63) is 71.3 Å². The average Bonchev–Trinajstić information content (AvgIpc) is 2.98. The van der Waals surface area contributed by atoms with E-state index in [1.165, 1.54) is 7.05 Å². The third-order valence-electron chi connectivity index (χ3n) is 4.45. The summed E-state index contributed by atoms with van der Waals surface area (Å²) in [6.45, 7) is 2.43. The highest BCUT2D eigenvalue weighted by Gasteiger charge is 2.16. The van der Waals surface area contributed by atoms with E-state index < -0.39 is 6.09 Å². The van der Waals surface area contributed by atoms with Crippen LogP contribution >= 0.6 is 0 Å². The number of aryl methyl sites for hydroxylation is 1. The van der Waals surface area contributed by atoms with E-state index in [9.17, 15) is 4.79 Å². The number of amides is 1. The zero-order chi connectivity index (χ0) is 20.1. The van der Waals surface area contributed by atoms with Gasteiger partial charge in [-0.25, -0.2) is 4.79 Å². The predicted molar refractivity (Wildman–Crippen MR) is 105 cm³/mol. The SMILES string of the molecule is Cc1c(OCc2ccccc2CON(C)C(=O)O)nn(C)c1-c1ccccc1. The molecule has 7 heteroatoms. The van der Waals surface area contributed by atoms with Gasteiger partial charge in [-0.1, -0.05) is 54.6 Å². The van der Waals surface area contributed by atoms with E-state index in [0.29, 0.717) is 12.5 Å². The third kappa shape index (κ3) is 4.32. The normalized spacial score (nSPS) is 10.7. The summed E-state index contributed by atoms with van der Waals surface area (Å²) in [7, 11) is 3.25.